The second-order valence-corrected chi connectivity index (χ2v) is 7.45. The fraction of sp³-hybridized carbons (Fsp3) is 0.429. The van der Waals surface area contributed by atoms with E-state index in [0.29, 0.717) is 11.7 Å². The largest absolute Gasteiger partial charge is 0.490 e. The molecular weight excluding hydrogens is 358 g/mol. The summed E-state index contributed by atoms with van der Waals surface area (Å²) < 4.78 is 5.79. The Balaban J connectivity index is 1.98. The lowest BCUT2D eigenvalue weighted by atomic mass is 10.0. The van der Waals surface area contributed by atoms with Gasteiger partial charge in [0, 0.05) is 11.5 Å². The van der Waals surface area contributed by atoms with Gasteiger partial charge in [0.2, 0.25) is 0 Å². The number of para-hydroxylation sites is 1. The Bertz CT molecular complexity index is 803. The molecule has 6 heteroatoms. The summed E-state index contributed by atoms with van der Waals surface area (Å²) in [7, 11) is 0. The van der Waals surface area contributed by atoms with Crippen LogP contribution in [0.5, 0.6) is 5.75 Å². The number of hydrogen-bond donors (Lipinski definition) is 2. The highest BCUT2D eigenvalue weighted by atomic mass is 32.1. The normalized spacial score (nSPS) is 13.4. The Hall–Kier alpha value is -2.20. The monoisotopic (exact) mass is 385 g/mol. The highest BCUT2D eigenvalue weighted by molar-refractivity contribution is 7.12. The van der Waals surface area contributed by atoms with Crippen LogP contribution in [0.4, 0.5) is 0 Å². The molecule has 0 saturated heterocycles. The van der Waals surface area contributed by atoms with Gasteiger partial charge in [0.15, 0.2) is 0 Å². The van der Waals surface area contributed by atoms with Crippen LogP contribution in [0.15, 0.2) is 24.3 Å². The number of benzene rings is 1. The van der Waals surface area contributed by atoms with Crippen molar-refractivity contribution in [2.24, 2.45) is 11.7 Å². The van der Waals surface area contributed by atoms with E-state index in [1.807, 2.05) is 43.3 Å². The smallest absolute Gasteiger partial charge is 0.140 e. The minimum Gasteiger partial charge on any atom is -0.490 e. The fourth-order valence-corrected chi connectivity index (χ4v) is 2.97. The summed E-state index contributed by atoms with van der Waals surface area (Å²) in [5, 5.41) is 20.1. The Kier molecular flexibility index (Phi) is 8.46. The van der Waals surface area contributed by atoms with Crippen LogP contribution in [-0.2, 0) is 0 Å². The maximum absolute atomic E-state index is 10.3. The maximum Gasteiger partial charge on any atom is 0.140 e. The van der Waals surface area contributed by atoms with Crippen molar-refractivity contribution in [2.75, 3.05) is 6.61 Å². The van der Waals surface area contributed by atoms with Gasteiger partial charge in [0.25, 0.3) is 0 Å². The molecule has 0 aliphatic carbocycles. The number of ether oxygens (including phenoxy) is 1. The Morgan fingerprint density at radius 3 is 2.59 bits per heavy atom. The van der Waals surface area contributed by atoms with Gasteiger partial charge in [0.1, 0.15) is 28.5 Å². The van der Waals surface area contributed by atoms with Crippen LogP contribution in [-0.4, -0.2) is 34.1 Å². The van der Waals surface area contributed by atoms with Crippen LogP contribution in [0.3, 0.4) is 0 Å². The molecule has 2 rings (SSSR count). The lowest BCUT2D eigenvalue weighted by Gasteiger charge is -2.16. The third-order valence-electron chi connectivity index (χ3n) is 4.13. The number of aliphatic hydroxyl groups is 1. The maximum atomic E-state index is 10.3. The molecule has 2 unspecified atom stereocenters. The minimum absolute atomic E-state index is 0.0849. The standard InChI is InChI=1S/C21H27N3O2S/c1-4-16(5-2)10-12-18(22)19(25)14-26-20-9-7-6-8-17(20)11-13-21-24-23-15(3)27-21/h6-9,11,13,16,18-19,25H,4-5,14,22H2,1-3H3. The zero-order chi connectivity index (χ0) is 19.6. The molecule has 27 heavy (non-hydrogen) atoms. The summed E-state index contributed by atoms with van der Waals surface area (Å²) in [6, 6.07) is 7.00. The summed E-state index contributed by atoms with van der Waals surface area (Å²) in [4.78, 5) is 0. The highest BCUT2D eigenvalue weighted by Crippen LogP contribution is 2.21. The fourth-order valence-electron chi connectivity index (χ4n) is 2.37. The van der Waals surface area contributed by atoms with E-state index < -0.39 is 12.1 Å². The average Bonchev–Trinajstić information content (AvgIpc) is 3.10. The minimum atomic E-state index is -0.852. The molecule has 0 saturated carbocycles. The molecule has 0 spiro atoms. The summed E-state index contributed by atoms with van der Waals surface area (Å²) >= 11 is 1.52. The van der Waals surface area contributed by atoms with E-state index >= 15 is 0 Å². The van der Waals surface area contributed by atoms with Gasteiger partial charge in [-0.25, -0.2) is 0 Å². The van der Waals surface area contributed by atoms with E-state index in [4.69, 9.17) is 10.5 Å². The van der Waals surface area contributed by atoms with Gasteiger partial charge in [-0.15, -0.1) is 10.2 Å². The molecule has 0 bridgehead atoms. The third-order valence-corrected chi connectivity index (χ3v) is 4.93. The molecular formula is C21H27N3O2S. The molecule has 0 radical (unpaired) electrons. The van der Waals surface area contributed by atoms with E-state index in [1.54, 1.807) is 0 Å². The summed E-state index contributed by atoms with van der Waals surface area (Å²) in [5.74, 6) is 7.08. The van der Waals surface area contributed by atoms with E-state index in [2.05, 4.69) is 35.9 Å². The molecule has 2 aromatic rings. The van der Waals surface area contributed by atoms with Crippen LogP contribution in [0, 0.1) is 24.7 Å². The second-order valence-electron chi connectivity index (χ2n) is 6.24. The number of aryl methyl sites for hydroxylation is 1. The number of nitrogens with two attached hydrogens (primary N) is 1. The van der Waals surface area contributed by atoms with Crippen molar-refractivity contribution in [1.82, 2.24) is 10.2 Å². The number of nitrogens with zero attached hydrogens (tertiary/aromatic N) is 2. The van der Waals surface area contributed by atoms with Crippen LogP contribution >= 0.6 is 11.3 Å². The van der Waals surface area contributed by atoms with E-state index in [9.17, 15) is 5.11 Å². The first-order valence-electron chi connectivity index (χ1n) is 9.18. The van der Waals surface area contributed by atoms with Gasteiger partial charge in [-0.3, -0.25) is 0 Å². The topological polar surface area (TPSA) is 81.3 Å². The lowest BCUT2D eigenvalue weighted by molar-refractivity contribution is 0.0990. The van der Waals surface area contributed by atoms with Crippen molar-refractivity contribution >= 4 is 23.5 Å². The SMILES string of the molecule is CCC(C#CC(N)C(O)COc1ccccc1C=Cc1nnc(C)s1)CC. The molecule has 1 aromatic heterocycles. The Morgan fingerprint density at radius 1 is 1.19 bits per heavy atom. The van der Waals surface area contributed by atoms with Crippen molar-refractivity contribution < 1.29 is 9.84 Å². The van der Waals surface area contributed by atoms with E-state index in [0.717, 1.165) is 28.4 Å². The quantitative estimate of drug-likeness (QED) is 0.680. The molecule has 144 valence electrons. The summed E-state index contributed by atoms with van der Waals surface area (Å²) in [5.41, 5.74) is 6.88. The second kappa shape index (κ2) is 10.8. The van der Waals surface area contributed by atoms with Crippen molar-refractivity contribution in [3.05, 3.63) is 39.8 Å². The molecule has 1 heterocycles. The van der Waals surface area contributed by atoms with Crippen LogP contribution in [0.25, 0.3) is 12.2 Å². The molecule has 3 N–H and O–H groups in total. The van der Waals surface area contributed by atoms with Crippen molar-refractivity contribution in [3.63, 3.8) is 0 Å². The third kappa shape index (κ3) is 6.79. The van der Waals surface area contributed by atoms with E-state index in [1.165, 1.54) is 11.3 Å². The zero-order valence-corrected chi connectivity index (χ0v) is 16.9. The molecule has 0 fully saturated rings. The van der Waals surface area contributed by atoms with Gasteiger partial charge in [0.05, 0.1) is 6.04 Å². The Labute approximate surface area is 165 Å². The summed E-state index contributed by atoms with van der Waals surface area (Å²) in [6.07, 6.45) is 4.94. The molecule has 5 nitrogen and oxygen atoms in total. The number of aromatic nitrogens is 2. The first kappa shape index (κ1) is 21.1. The zero-order valence-electron chi connectivity index (χ0n) is 16.1. The molecule has 0 aliphatic rings. The molecule has 0 aliphatic heterocycles. The van der Waals surface area contributed by atoms with Gasteiger partial charge in [-0.2, -0.15) is 0 Å². The number of hydrogen-bond acceptors (Lipinski definition) is 6. The van der Waals surface area contributed by atoms with Crippen molar-refractivity contribution in [1.29, 1.82) is 0 Å². The van der Waals surface area contributed by atoms with Crippen LogP contribution < -0.4 is 10.5 Å². The van der Waals surface area contributed by atoms with Crippen molar-refractivity contribution in [3.8, 4) is 17.6 Å². The molecule has 1 aromatic carbocycles. The first-order chi connectivity index (χ1) is 13.0. The average molecular weight is 386 g/mol. The van der Waals surface area contributed by atoms with Crippen LogP contribution in [0.1, 0.15) is 42.3 Å². The Morgan fingerprint density at radius 2 is 1.93 bits per heavy atom. The predicted octanol–water partition coefficient (Wildman–Crippen LogP) is 3.52. The molecule has 0 amide bonds. The van der Waals surface area contributed by atoms with Gasteiger partial charge in [-0.1, -0.05) is 55.2 Å². The summed E-state index contributed by atoms with van der Waals surface area (Å²) in [6.45, 7) is 6.20. The predicted molar refractivity (Wildman–Crippen MR) is 111 cm³/mol. The number of rotatable bonds is 8. The highest BCUT2D eigenvalue weighted by Gasteiger charge is 2.14. The molecule has 2 atom stereocenters. The van der Waals surface area contributed by atoms with E-state index in [-0.39, 0.29) is 6.61 Å². The van der Waals surface area contributed by atoms with Crippen molar-refractivity contribution in [2.45, 2.75) is 45.8 Å². The van der Waals surface area contributed by atoms with Gasteiger partial charge < -0.3 is 15.6 Å². The number of aliphatic hydroxyl groups excluding tert-OH is 1. The van der Waals surface area contributed by atoms with Crippen LogP contribution in [0.2, 0.25) is 0 Å². The van der Waals surface area contributed by atoms with Gasteiger partial charge >= 0.3 is 0 Å². The first-order valence-corrected chi connectivity index (χ1v) is 9.99. The lowest BCUT2D eigenvalue weighted by Crippen LogP contribution is -2.37. The van der Waals surface area contributed by atoms with Gasteiger partial charge in [-0.05, 0) is 38.0 Å².